The number of amides is 2. The van der Waals surface area contributed by atoms with E-state index in [0.29, 0.717) is 19.3 Å². The highest BCUT2D eigenvalue weighted by Crippen LogP contribution is 2.79. The minimum absolute atomic E-state index is 0.0187. The Morgan fingerprint density at radius 1 is 1.06 bits per heavy atom. The maximum atomic E-state index is 13.9. The van der Waals surface area contributed by atoms with Crippen LogP contribution >= 0.6 is 0 Å². The summed E-state index contributed by atoms with van der Waals surface area (Å²) in [6, 6.07) is 5.78. The molecule has 1 aromatic carbocycles. The van der Waals surface area contributed by atoms with E-state index in [1.807, 2.05) is 6.21 Å². The molecule has 2 amide bonds. The van der Waals surface area contributed by atoms with Crippen molar-refractivity contribution in [3.8, 4) is 0 Å². The van der Waals surface area contributed by atoms with E-state index in [4.69, 9.17) is 28.7 Å². The Balaban J connectivity index is 1.20. The van der Waals surface area contributed by atoms with Crippen LogP contribution in [-0.2, 0) is 33.3 Å². The molecule has 7 aliphatic rings. The molecule has 5 saturated carbocycles. The molecule has 1 spiro atoms. The fraction of sp³-hybridized carbons (Fsp3) is 0.714. The number of anilines is 1. The number of imide groups is 1. The molecule has 7 bridgehead atoms. The molecule has 12 heteroatoms. The molecule has 14 atom stereocenters. The molecule has 1 saturated heterocycles. The summed E-state index contributed by atoms with van der Waals surface area (Å²) in [4.78, 5) is 45.7. The fourth-order valence-electron chi connectivity index (χ4n) is 12.1. The van der Waals surface area contributed by atoms with Crippen LogP contribution < -0.4 is 4.90 Å². The summed E-state index contributed by atoms with van der Waals surface area (Å²) in [5.41, 5.74) is -4.67. The van der Waals surface area contributed by atoms with Crippen LogP contribution in [0.3, 0.4) is 0 Å². The van der Waals surface area contributed by atoms with E-state index in [-0.39, 0.29) is 72.7 Å². The van der Waals surface area contributed by atoms with E-state index in [1.165, 1.54) is 0 Å². The molecule has 254 valence electrons. The standard InChI is InChI=1S/C35H44N2O10/c1-17-12-24(38)37(29(17)39)21-9-7-6-8-18(21)30(40)47-16-32-11-10-23(44-3)34-20-13-19-22(43-2)14-33(41,25(20)26(19)45-4)35(42,31(34)36-15-32)28(46-5)27(32)34/h6-9,15,17,19-20,22-23,25-28,31,41-42H,10-14,16H2,1-5H3/t17-,19-,20-,22-,23-,25+,26-,27+,28-,31?,32-,33+,34?,35?/m0/s1. The molecule has 0 aromatic heterocycles. The van der Waals surface area contributed by atoms with Crippen molar-refractivity contribution in [3.63, 3.8) is 0 Å². The smallest absolute Gasteiger partial charge is 0.340 e. The maximum Gasteiger partial charge on any atom is 0.340 e. The average Bonchev–Trinajstić information content (AvgIpc) is 3.58. The number of aliphatic imine (C=N–C) groups is 1. The molecule has 2 aliphatic heterocycles. The van der Waals surface area contributed by atoms with Gasteiger partial charge in [0.15, 0.2) is 0 Å². The second-order valence-corrected chi connectivity index (χ2v) is 15.0. The third-order valence-electron chi connectivity index (χ3n) is 13.6. The minimum Gasteiger partial charge on any atom is -0.461 e. The zero-order valence-corrected chi connectivity index (χ0v) is 27.5. The lowest BCUT2D eigenvalue weighted by Crippen LogP contribution is -2.77. The molecule has 3 unspecified atom stereocenters. The largest absolute Gasteiger partial charge is 0.461 e. The van der Waals surface area contributed by atoms with Crippen LogP contribution in [0.1, 0.15) is 49.4 Å². The van der Waals surface area contributed by atoms with Gasteiger partial charge >= 0.3 is 5.97 Å². The average molecular weight is 653 g/mol. The van der Waals surface area contributed by atoms with Gasteiger partial charge in [-0.15, -0.1) is 0 Å². The Labute approximate surface area is 273 Å². The number of aliphatic hydroxyl groups is 2. The number of rotatable bonds is 8. The van der Waals surface area contributed by atoms with Gasteiger partial charge in [-0.05, 0) is 37.3 Å². The van der Waals surface area contributed by atoms with Crippen LogP contribution in [0.25, 0.3) is 0 Å². The predicted molar refractivity (Wildman–Crippen MR) is 166 cm³/mol. The first-order valence-electron chi connectivity index (χ1n) is 16.7. The first-order chi connectivity index (χ1) is 22.5. The Morgan fingerprint density at radius 2 is 1.83 bits per heavy atom. The van der Waals surface area contributed by atoms with Crippen molar-refractivity contribution >= 4 is 29.7 Å². The second kappa shape index (κ2) is 10.4. The number of hydrogen-bond donors (Lipinski definition) is 2. The number of benzene rings is 1. The van der Waals surface area contributed by atoms with Crippen molar-refractivity contribution in [2.24, 2.45) is 45.4 Å². The van der Waals surface area contributed by atoms with Gasteiger partial charge in [0, 0.05) is 82.0 Å². The number of fused-ring (bicyclic) bond motifs is 2. The molecular weight excluding hydrogens is 608 g/mol. The zero-order chi connectivity index (χ0) is 33.3. The molecule has 12 nitrogen and oxygen atoms in total. The fourth-order valence-corrected chi connectivity index (χ4v) is 12.1. The zero-order valence-electron chi connectivity index (χ0n) is 27.5. The Kier molecular flexibility index (Phi) is 6.96. The predicted octanol–water partition coefficient (Wildman–Crippen LogP) is 1.78. The molecule has 1 aromatic rings. The third kappa shape index (κ3) is 3.54. The van der Waals surface area contributed by atoms with Crippen LogP contribution in [0.5, 0.6) is 0 Å². The second-order valence-electron chi connectivity index (χ2n) is 15.0. The number of methoxy groups -OCH3 is 4. The lowest BCUT2D eigenvalue weighted by Gasteiger charge is -2.65. The Morgan fingerprint density at radius 3 is 2.49 bits per heavy atom. The number of carbonyl (C=O) groups is 3. The van der Waals surface area contributed by atoms with Gasteiger partial charge in [0.2, 0.25) is 11.8 Å². The summed E-state index contributed by atoms with van der Waals surface area (Å²) >= 11 is 0. The van der Waals surface area contributed by atoms with Gasteiger partial charge in [-0.1, -0.05) is 19.1 Å². The number of hydrogen-bond acceptors (Lipinski definition) is 11. The van der Waals surface area contributed by atoms with Crippen LogP contribution in [0.15, 0.2) is 29.3 Å². The van der Waals surface area contributed by atoms with E-state index < -0.39 is 57.9 Å². The van der Waals surface area contributed by atoms with Gasteiger partial charge in [0.25, 0.3) is 0 Å². The van der Waals surface area contributed by atoms with Crippen LogP contribution in [0.2, 0.25) is 0 Å². The third-order valence-corrected chi connectivity index (χ3v) is 13.6. The lowest BCUT2D eigenvalue weighted by atomic mass is 9.44. The molecule has 6 fully saturated rings. The molecule has 2 heterocycles. The number of para-hydroxylation sites is 1. The highest BCUT2D eigenvalue weighted by Gasteiger charge is 2.90. The first-order valence-corrected chi connectivity index (χ1v) is 16.7. The van der Waals surface area contributed by atoms with Crippen molar-refractivity contribution in [2.45, 2.75) is 80.7 Å². The normalized spacial score (nSPS) is 48.7. The van der Waals surface area contributed by atoms with Gasteiger partial charge in [-0.2, -0.15) is 0 Å². The van der Waals surface area contributed by atoms with E-state index in [2.05, 4.69) is 0 Å². The van der Waals surface area contributed by atoms with Crippen molar-refractivity contribution in [3.05, 3.63) is 29.8 Å². The molecule has 0 radical (unpaired) electrons. The monoisotopic (exact) mass is 652 g/mol. The van der Waals surface area contributed by atoms with Crippen molar-refractivity contribution in [1.82, 2.24) is 0 Å². The number of esters is 1. The Bertz CT molecular complexity index is 1550. The van der Waals surface area contributed by atoms with E-state index in [0.717, 1.165) is 4.90 Å². The first kappa shape index (κ1) is 31.5. The number of ether oxygens (including phenoxy) is 5. The molecule has 47 heavy (non-hydrogen) atoms. The van der Waals surface area contributed by atoms with Gasteiger partial charge in [-0.25, -0.2) is 9.69 Å². The highest BCUT2D eigenvalue weighted by molar-refractivity contribution is 6.22. The quantitative estimate of drug-likeness (QED) is 0.314. The van der Waals surface area contributed by atoms with E-state index in [9.17, 15) is 24.6 Å². The highest BCUT2D eigenvalue weighted by atomic mass is 16.5. The molecule has 2 N–H and O–H groups in total. The van der Waals surface area contributed by atoms with Gasteiger partial charge in [-0.3, -0.25) is 14.6 Å². The number of nitrogens with zero attached hydrogens (tertiary/aromatic N) is 2. The summed E-state index contributed by atoms with van der Waals surface area (Å²) in [5.74, 6) is -2.77. The Hall–Kier alpha value is -2.74. The summed E-state index contributed by atoms with van der Waals surface area (Å²) in [6.07, 6.45) is 2.21. The van der Waals surface area contributed by atoms with Crippen LogP contribution in [0, 0.1) is 40.4 Å². The summed E-state index contributed by atoms with van der Waals surface area (Å²) in [7, 11) is 6.54. The topological polar surface area (TPSA) is 153 Å². The van der Waals surface area contributed by atoms with E-state index in [1.54, 1.807) is 59.6 Å². The van der Waals surface area contributed by atoms with Gasteiger partial charge in [0.1, 0.15) is 17.8 Å². The van der Waals surface area contributed by atoms with Crippen molar-refractivity contribution in [2.75, 3.05) is 39.9 Å². The summed E-state index contributed by atoms with van der Waals surface area (Å²) in [6.45, 7) is 1.63. The lowest BCUT2D eigenvalue weighted by molar-refractivity contribution is -0.293. The summed E-state index contributed by atoms with van der Waals surface area (Å²) in [5, 5.41) is 25.9. The number of carbonyl (C=O) groups excluding carboxylic acids is 3. The molecule has 8 rings (SSSR count). The van der Waals surface area contributed by atoms with Gasteiger partial charge in [0.05, 0.1) is 41.7 Å². The van der Waals surface area contributed by atoms with Crippen molar-refractivity contribution < 1.29 is 48.3 Å². The molecule has 5 aliphatic carbocycles. The van der Waals surface area contributed by atoms with Crippen LogP contribution in [-0.4, -0.2) is 111 Å². The molecular formula is C35H44N2O10. The summed E-state index contributed by atoms with van der Waals surface area (Å²) < 4.78 is 30.8. The maximum absolute atomic E-state index is 13.9. The van der Waals surface area contributed by atoms with Gasteiger partial charge < -0.3 is 33.9 Å². The van der Waals surface area contributed by atoms with Crippen LogP contribution in [0.4, 0.5) is 5.69 Å². The SMILES string of the molecule is CO[C@H]1[C@H]2C[C@H]3[C@H]1[C@](O)(C[C@@H]2OC)C1(O)C2N=C[C@]4(COC(=O)c5ccccc5N5C(=O)C[C@H](C)C5=O)CC[C@H](OC)C23[C@@H]4[C@@H]1OC. The minimum atomic E-state index is -1.79. The van der Waals surface area contributed by atoms with Crippen molar-refractivity contribution in [1.29, 1.82) is 0 Å². The van der Waals surface area contributed by atoms with E-state index >= 15 is 0 Å².